The van der Waals surface area contributed by atoms with Crippen molar-refractivity contribution in [2.24, 2.45) is 5.92 Å². The normalized spacial score (nSPS) is 17.4. The van der Waals surface area contributed by atoms with E-state index in [1.54, 1.807) is 13.3 Å². The third kappa shape index (κ3) is 2.91. The molecule has 2 aromatic heterocycles. The van der Waals surface area contributed by atoms with Gasteiger partial charge in [-0.25, -0.2) is 9.67 Å². The molecule has 0 aliphatic carbocycles. The molecule has 0 saturated carbocycles. The van der Waals surface area contributed by atoms with Crippen LogP contribution < -0.4 is 15.4 Å². The van der Waals surface area contributed by atoms with Crippen LogP contribution in [0.2, 0.25) is 0 Å². The summed E-state index contributed by atoms with van der Waals surface area (Å²) in [6.07, 6.45) is 3.61. The first kappa shape index (κ1) is 12.9. The van der Waals surface area contributed by atoms with Gasteiger partial charge in [-0.15, -0.1) is 0 Å². The minimum Gasteiger partial charge on any atom is -0.481 e. The van der Waals surface area contributed by atoms with Crippen LogP contribution in [0.1, 0.15) is 5.56 Å². The summed E-state index contributed by atoms with van der Waals surface area (Å²) in [4.78, 5) is 4.10. The van der Waals surface area contributed by atoms with E-state index in [1.807, 2.05) is 29.1 Å². The highest BCUT2D eigenvalue weighted by Crippen LogP contribution is 2.15. The lowest BCUT2D eigenvalue weighted by molar-refractivity contribution is 0.388. The Hall–Kier alpha value is -2.08. The van der Waals surface area contributed by atoms with Crippen LogP contribution in [0.3, 0.4) is 0 Å². The van der Waals surface area contributed by atoms with E-state index in [9.17, 15) is 0 Å². The largest absolute Gasteiger partial charge is 0.481 e. The molecule has 0 bridgehead atoms. The SMILES string of the molecule is COc1cc(CNC[C@H]2CNc3ccnn3C2)ccn1. The van der Waals surface area contributed by atoms with Crippen molar-refractivity contribution in [2.75, 3.05) is 25.5 Å². The average molecular weight is 273 g/mol. The number of ether oxygens (including phenoxy) is 1. The van der Waals surface area contributed by atoms with Crippen molar-refractivity contribution in [3.63, 3.8) is 0 Å². The van der Waals surface area contributed by atoms with Crippen LogP contribution in [-0.4, -0.2) is 35.0 Å². The number of anilines is 1. The number of aromatic nitrogens is 3. The zero-order valence-electron chi connectivity index (χ0n) is 11.5. The molecule has 1 atom stereocenters. The molecule has 20 heavy (non-hydrogen) atoms. The van der Waals surface area contributed by atoms with Crippen molar-refractivity contribution < 1.29 is 4.74 Å². The molecular weight excluding hydrogens is 254 g/mol. The highest BCUT2D eigenvalue weighted by molar-refractivity contribution is 5.35. The van der Waals surface area contributed by atoms with E-state index in [1.165, 1.54) is 5.56 Å². The Morgan fingerprint density at radius 2 is 2.40 bits per heavy atom. The summed E-state index contributed by atoms with van der Waals surface area (Å²) in [5.74, 6) is 2.32. The molecule has 0 saturated heterocycles. The Labute approximate surface area is 118 Å². The number of rotatable bonds is 5. The Balaban J connectivity index is 1.48. The molecule has 0 amide bonds. The summed E-state index contributed by atoms with van der Waals surface area (Å²) in [6, 6.07) is 5.96. The summed E-state index contributed by atoms with van der Waals surface area (Å²) < 4.78 is 7.14. The van der Waals surface area contributed by atoms with Gasteiger partial charge in [-0.3, -0.25) is 0 Å². The molecule has 2 aromatic rings. The van der Waals surface area contributed by atoms with E-state index >= 15 is 0 Å². The summed E-state index contributed by atoms with van der Waals surface area (Å²) in [7, 11) is 1.63. The first-order valence-electron chi connectivity index (χ1n) is 6.80. The monoisotopic (exact) mass is 273 g/mol. The summed E-state index contributed by atoms with van der Waals surface area (Å²) in [5, 5.41) is 11.2. The first-order chi connectivity index (χ1) is 9.85. The van der Waals surface area contributed by atoms with Gasteiger partial charge >= 0.3 is 0 Å². The van der Waals surface area contributed by atoms with Crippen LogP contribution in [-0.2, 0) is 13.1 Å². The topological polar surface area (TPSA) is 64.0 Å². The zero-order chi connectivity index (χ0) is 13.8. The van der Waals surface area contributed by atoms with Crippen molar-refractivity contribution >= 4 is 5.82 Å². The Morgan fingerprint density at radius 1 is 1.45 bits per heavy atom. The highest BCUT2D eigenvalue weighted by atomic mass is 16.5. The minimum absolute atomic E-state index is 0.547. The first-order valence-corrected chi connectivity index (χ1v) is 6.80. The van der Waals surface area contributed by atoms with Gasteiger partial charge < -0.3 is 15.4 Å². The lowest BCUT2D eigenvalue weighted by Gasteiger charge is -2.25. The number of hydrogen-bond donors (Lipinski definition) is 2. The number of hydrogen-bond acceptors (Lipinski definition) is 5. The third-order valence-electron chi connectivity index (χ3n) is 3.49. The standard InChI is InChI=1S/C14H19N5O/c1-20-14-6-11(2-4-16-14)7-15-8-12-9-17-13-3-5-18-19(13)10-12/h2-6,12,15,17H,7-10H2,1H3/t12-/m0/s1. The van der Waals surface area contributed by atoms with Gasteiger partial charge in [-0.1, -0.05) is 0 Å². The molecule has 106 valence electrons. The number of nitrogens with zero attached hydrogens (tertiary/aromatic N) is 3. The van der Waals surface area contributed by atoms with E-state index in [2.05, 4.69) is 20.7 Å². The second-order valence-electron chi connectivity index (χ2n) is 4.98. The molecule has 1 aliphatic rings. The third-order valence-corrected chi connectivity index (χ3v) is 3.49. The molecule has 1 aliphatic heterocycles. The van der Waals surface area contributed by atoms with Gasteiger partial charge in [0, 0.05) is 50.4 Å². The van der Waals surface area contributed by atoms with E-state index in [0.717, 1.165) is 32.0 Å². The van der Waals surface area contributed by atoms with Crippen LogP contribution in [0.5, 0.6) is 5.88 Å². The van der Waals surface area contributed by atoms with Crippen LogP contribution in [0.25, 0.3) is 0 Å². The Morgan fingerprint density at radius 3 is 3.30 bits per heavy atom. The van der Waals surface area contributed by atoms with Gasteiger partial charge in [0.05, 0.1) is 13.3 Å². The van der Waals surface area contributed by atoms with Crippen LogP contribution in [0.15, 0.2) is 30.6 Å². The molecule has 2 N–H and O–H groups in total. The fourth-order valence-corrected chi connectivity index (χ4v) is 2.42. The van der Waals surface area contributed by atoms with Crippen molar-refractivity contribution in [3.05, 3.63) is 36.2 Å². The van der Waals surface area contributed by atoms with Crippen LogP contribution in [0.4, 0.5) is 5.82 Å². The maximum Gasteiger partial charge on any atom is 0.213 e. The smallest absolute Gasteiger partial charge is 0.213 e. The van der Waals surface area contributed by atoms with Gasteiger partial charge in [0.2, 0.25) is 5.88 Å². The van der Waals surface area contributed by atoms with Crippen LogP contribution >= 0.6 is 0 Å². The van der Waals surface area contributed by atoms with Gasteiger partial charge in [0.25, 0.3) is 0 Å². The lowest BCUT2D eigenvalue weighted by Crippen LogP contribution is -2.35. The van der Waals surface area contributed by atoms with E-state index in [-0.39, 0.29) is 0 Å². The molecule has 0 unspecified atom stereocenters. The number of nitrogens with one attached hydrogen (secondary N) is 2. The number of fused-ring (bicyclic) bond motifs is 1. The highest BCUT2D eigenvalue weighted by Gasteiger charge is 2.17. The molecule has 6 nitrogen and oxygen atoms in total. The molecule has 6 heteroatoms. The van der Waals surface area contributed by atoms with Gasteiger partial charge in [-0.05, 0) is 11.6 Å². The van der Waals surface area contributed by atoms with E-state index < -0.39 is 0 Å². The summed E-state index contributed by atoms with van der Waals surface area (Å²) in [6.45, 7) is 3.72. The molecule has 0 aromatic carbocycles. The van der Waals surface area contributed by atoms with Gasteiger partial charge in [-0.2, -0.15) is 5.10 Å². The quantitative estimate of drug-likeness (QED) is 0.854. The predicted molar refractivity (Wildman–Crippen MR) is 76.7 cm³/mol. The average Bonchev–Trinajstić information content (AvgIpc) is 2.95. The molecule has 0 spiro atoms. The van der Waals surface area contributed by atoms with Crippen LogP contribution in [0, 0.1) is 5.92 Å². The van der Waals surface area contributed by atoms with E-state index in [0.29, 0.717) is 11.8 Å². The van der Waals surface area contributed by atoms with Gasteiger partial charge in [0.1, 0.15) is 5.82 Å². The maximum atomic E-state index is 5.12. The minimum atomic E-state index is 0.547. The summed E-state index contributed by atoms with van der Waals surface area (Å²) in [5.41, 5.74) is 1.18. The fourth-order valence-electron chi connectivity index (χ4n) is 2.42. The molecule has 3 rings (SSSR count). The van der Waals surface area contributed by atoms with Crippen molar-refractivity contribution in [1.82, 2.24) is 20.1 Å². The molecule has 0 radical (unpaired) electrons. The van der Waals surface area contributed by atoms with Crippen molar-refractivity contribution in [1.29, 1.82) is 0 Å². The number of methoxy groups -OCH3 is 1. The Kier molecular flexibility index (Phi) is 3.83. The number of pyridine rings is 1. The second kappa shape index (κ2) is 5.92. The second-order valence-corrected chi connectivity index (χ2v) is 4.98. The molecular formula is C14H19N5O. The lowest BCUT2D eigenvalue weighted by atomic mass is 10.1. The van der Waals surface area contributed by atoms with Gasteiger partial charge in [0.15, 0.2) is 0 Å². The van der Waals surface area contributed by atoms with E-state index in [4.69, 9.17) is 4.74 Å². The molecule has 0 fully saturated rings. The summed E-state index contributed by atoms with van der Waals surface area (Å²) >= 11 is 0. The fraction of sp³-hybridized carbons (Fsp3) is 0.429. The maximum absolute atomic E-state index is 5.12. The Bertz CT molecular complexity index is 568. The van der Waals surface area contributed by atoms with Crippen molar-refractivity contribution in [3.8, 4) is 5.88 Å². The predicted octanol–water partition coefficient (Wildman–Crippen LogP) is 1.12. The molecule has 3 heterocycles. The zero-order valence-corrected chi connectivity index (χ0v) is 11.5. The van der Waals surface area contributed by atoms with Crippen molar-refractivity contribution in [2.45, 2.75) is 13.1 Å².